The largest absolute Gasteiger partial charge is 0.490 e. The molecule has 1 saturated heterocycles. The van der Waals surface area contributed by atoms with Gasteiger partial charge in [-0.2, -0.15) is 0 Å². The van der Waals surface area contributed by atoms with Gasteiger partial charge in [0.05, 0.1) is 18.9 Å². The lowest BCUT2D eigenvalue weighted by atomic mass is 10.0. The van der Waals surface area contributed by atoms with Gasteiger partial charge in [-0.1, -0.05) is 6.07 Å². The Morgan fingerprint density at radius 2 is 2.11 bits per heavy atom. The van der Waals surface area contributed by atoms with Crippen LogP contribution in [-0.4, -0.2) is 50.4 Å². The molecule has 104 valence electrons. The summed E-state index contributed by atoms with van der Waals surface area (Å²) in [5.41, 5.74) is 2.51. The Kier molecular flexibility index (Phi) is 3.89. The van der Waals surface area contributed by atoms with E-state index in [-0.39, 0.29) is 0 Å². The van der Waals surface area contributed by atoms with Crippen molar-refractivity contribution in [3.63, 3.8) is 0 Å². The van der Waals surface area contributed by atoms with Gasteiger partial charge in [-0.15, -0.1) is 0 Å². The van der Waals surface area contributed by atoms with Crippen LogP contribution >= 0.6 is 0 Å². The molecule has 1 unspecified atom stereocenters. The van der Waals surface area contributed by atoms with Gasteiger partial charge in [0.25, 0.3) is 0 Å². The van der Waals surface area contributed by atoms with Gasteiger partial charge in [-0.05, 0) is 31.0 Å². The van der Waals surface area contributed by atoms with Crippen LogP contribution in [0.25, 0.3) is 0 Å². The molecular weight excluding hydrogens is 240 g/mol. The zero-order valence-corrected chi connectivity index (χ0v) is 11.5. The number of benzene rings is 1. The highest BCUT2D eigenvalue weighted by atomic mass is 16.5. The number of nitrogens with zero attached hydrogens (tertiary/aromatic N) is 1. The molecule has 0 aromatic heterocycles. The van der Waals surface area contributed by atoms with Crippen molar-refractivity contribution in [2.45, 2.75) is 19.4 Å². The molecule has 4 nitrogen and oxygen atoms in total. The summed E-state index contributed by atoms with van der Waals surface area (Å²) in [4.78, 5) is 2.51. The molecule has 1 aromatic carbocycles. The average molecular weight is 262 g/mol. The monoisotopic (exact) mass is 262 g/mol. The summed E-state index contributed by atoms with van der Waals surface area (Å²) >= 11 is 0. The standard InChI is InChI=1S/C15H22N2O2/c1-12(17-5-8-18-9-6-17)10-13-2-3-15-14(11-13)16-4-7-19-15/h2-3,11-12,16H,4-10H2,1H3. The van der Waals surface area contributed by atoms with Crippen LogP contribution < -0.4 is 10.1 Å². The van der Waals surface area contributed by atoms with Crippen LogP contribution in [-0.2, 0) is 11.2 Å². The first-order valence-corrected chi connectivity index (χ1v) is 7.14. The second kappa shape index (κ2) is 5.80. The molecule has 0 amide bonds. The number of nitrogens with one attached hydrogen (secondary N) is 1. The van der Waals surface area contributed by atoms with Crippen LogP contribution in [0.1, 0.15) is 12.5 Å². The molecule has 2 heterocycles. The second-order valence-electron chi connectivity index (χ2n) is 5.31. The van der Waals surface area contributed by atoms with Gasteiger partial charge in [0.15, 0.2) is 0 Å². The number of morpholine rings is 1. The van der Waals surface area contributed by atoms with Crippen LogP contribution in [0.3, 0.4) is 0 Å². The van der Waals surface area contributed by atoms with E-state index in [1.165, 1.54) is 5.56 Å². The third-order valence-electron chi connectivity index (χ3n) is 3.92. The topological polar surface area (TPSA) is 33.7 Å². The maximum absolute atomic E-state index is 5.61. The lowest BCUT2D eigenvalue weighted by Crippen LogP contribution is -2.43. The van der Waals surface area contributed by atoms with E-state index >= 15 is 0 Å². The second-order valence-corrected chi connectivity index (χ2v) is 5.31. The lowest BCUT2D eigenvalue weighted by Gasteiger charge is -2.32. The molecule has 1 N–H and O–H groups in total. The highest BCUT2D eigenvalue weighted by molar-refractivity contribution is 5.59. The van der Waals surface area contributed by atoms with Gasteiger partial charge in [0.1, 0.15) is 12.4 Å². The average Bonchev–Trinajstić information content (AvgIpc) is 2.48. The number of anilines is 1. The number of fused-ring (bicyclic) bond motifs is 1. The van der Waals surface area contributed by atoms with E-state index < -0.39 is 0 Å². The van der Waals surface area contributed by atoms with Crippen molar-refractivity contribution in [2.24, 2.45) is 0 Å². The van der Waals surface area contributed by atoms with Crippen molar-refractivity contribution >= 4 is 5.69 Å². The molecule has 0 spiro atoms. The summed E-state index contributed by atoms with van der Waals surface area (Å²) in [6.45, 7) is 7.79. The molecular formula is C15H22N2O2. The summed E-state index contributed by atoms with van der Waals surface area (Å²) in [5.74, 6) is 0.981. The van der Waals surface area contributed by atoms with Crippen molar-refractivity contribution in [3.05, 3.63) is 23.8 Å². The molecule has 0 aliphatic carbocycles. The van der Waals surface area contributed by atoms with Crippen LogP contribution in [0.2, 0.25) is 0 Å². The third-order valence-corrected chi connectivity index (χ3v) is 3.92. The van der Waals surface area contributed by atoms with Gasteiger partial charge >= 0.3 is 0 Å². The molecule has 1 atom stereocenters. The molecule has 0 bridgehead atoms. The fraction of sp³-hybridized carbons (Fsp3) is 0.600. The zero-order chi connectivity index (χ0) is 13.1. The minimum atomic E-state index is 0.562. The van der Waals surface area contributed by atoms with Crippen molar-refractivity contribution in [3.8, 4) is 5.75 Å². The van der Waals surface area contributed by atoms with E-state index in [0.29, 0.717) is 6.04 Å². The molecule has 0 saturated carbocycles. The predicted molar refractivity (Wildman–Crippen MR) is 76.0 cm³/mol. The SMILES string of the molecule is CC(Cc1ccc2c(c1)NCCO2)N1CCOCC1. The molecule has 19 heavy (non-hydrogen) atoms. The summed E-state index contributed by atoms with van der Waals surface area (Å²) in [6.07, 6.45) is 1.08. The lowest BCUT2D eigenvalue weighted by molar-refractivity contribution is 0.0203. The third kappa shape index (κ3) is 3.01. The normalized spacial score (nSPS) is 21.1. The Labute approximate surface area is 114 Å². The van der Waals surface area contributed by atoms with E-state index in [1.54, 1.807) is 0 Å². The van der Waals surface area contributed by atoms with E-state index in [9.17, 15) is 0 Å². The van der Waals surface area contributed by atoms with Gasteiger partial charge in [0, 0.05) is 25.7 Å². The quantitative estimate of drug-likeness (QED) is 0.900. The molecule has 1 aromatic rings. The van der Waals surface area contributed by atoms with Gasteiger partial charge < -0.3 is 14.8 Å². The fourth-order valence-corrected chi connectivity index (χ4v) is 2.80. The van der Waals surface area contributed by atoms with E-state index in [1.807, 2.05) is 0 Å². The fourth-order valence-electron chi connectivity index (χ4n) is 2.80. The Hall–Kier alpha value is -1.26. The maximum atomic E-state index is 5.61. The van der Waals surface area contributed by atoms with E-state index in [2.05, 4.69) is 35.3 Å². The summed E-state index contributed by atoms with van der Waals surface area (Å²) < 4.78 is 11.0. The molecule has 0 radical (unpaired) electrons. The van der Waals surface area contributed by atoms with Gasteiger partial charge in [0.2, 0.25) is 0 Å². The first-order chi connectivity index (χ1) is 9.33. The molecule has 1 fully saturated rings. The molecule has 2 aliphatic rings. The van der Waals surface area contributed by atoms with Gasteiger partial charge in [-0.3, -0.25) is 4.90 Å². The Bertz CT molecular complexity index is 430. The van der Waals surface area contributed by atoms with Crippen LogP contribution in [0.5, 0.6) is 5.75 Å². The van der Waals surface area contributed by atoms with Crippen molar-refractivity contribution in [2.75, 3.05) is 44.8 Å². The van der Waals surface area contributed by atoms with Crippen LogP contribution in [0.4, 0.5) is 5.69 Å². The summed E-state index contributed by atoms with van der Waals surface area (Å²) in [7, 11) is 0. The number of hydrogen-bond donors (Lipinski definition) is 1. The number of hydrogen-bond acceptors (Lipinski definition) is 4. The zero-order valence-electron chi connectivity index (χ0n) is 11.5. The highest BCUT2D eigenvalue weighted by Gasteiger charge is 2.18. The van der Waals surface area contributed by atoms with Gasteiger partial charge in [-0.25, -0.2) is 0 Å². The van der Waals surface area contributed by atoms with Crippen LogP contribution in [0, 0.1) is 0 Å². The van der Waals surface area contributed by atoms with E-state index in [4.69, 9.17) is 9.47 Å². The summed E-state index contributed by atoms with van der Waals surface area (Å²) in [5, 5.41) is 3.40. The number of rotatable bonds is 3. The van der Waals surface area contributed by atoms with E-state index in [0.717, 1.165) is 57.3 Å². The van der Waals surface area contributed by atoms with Crippen molar-refractivity contribution in [1.29, 1.82) is 0 Å². The minimum Gasteiger partial charge on any atom is -0.490 e. The smallest absolute Gasteiger partial charge is 0.142 e. The maximum Gasteiger partial charge on any atom is 0.142 e. The predicted octanol–water partition coefficient (Wildman–Crippen LogP) is 1.75. The minimum absolute atomic E-state index is 0.562. The molecule has 4 heteroatoms. The molecule has 3 rings (SSSR count). The Morgan fingerprint density at radius 3 is 2.95 bits per heavy atom. The Balaban J connectivity index is 1.65. The summed E-state index contributed by atoms with van der Waals surface area (Å²) in [6, 6.07) is 7.06. The Morgan fingerprint density at radius 1 is 1.26 bits per heavy atom. The first kappa shape index (κ1) is 12.8. The van der Waals surface area contributed by atoms with Crippen molar-refractivity contribution < 1.29 is 9.47 Å². The number of ether oxygens (including phenoxy) is 2. The highest BCUT2D eigenvalue weighted by Crippen LogP contribution is 2.28. The van der Waals surface area contributed by atoms with Crippen LogP contribution in [0.15, 0.2) is 18.2 Å². The first-order valence-electron chi connectivity index (χ1n) is 7.14. The molecule has 2 aliphatic heterocycles. The van der Waals surface area contributed by atoms with Crippen molar-refractivity contribution in [1.82, 2.24) is 4.90 Å².